The topological polar surface area (TPSA) is 85.9 Å². The van der Waals surface area contributed by atoms with Crippen LogP contribution >= 0.6 is 0 Å². The highest BCUT2D eigenvalue weighted by Gasteiger charge is 2.17. The van der Waals surface area contributed by atoms with Crippen LogP contribution in [-0.2, 0) is 7.05 Å². The van der Waals surface area contributed by atoms with Crippen molar-refractivity contribution in [1.29, 1.82) is 0 Å². The molecule has 6 nitrogen and oxygen atoms in total. The summed E-state index contributed by atoms with van der Waals surface area (Å²) in [6.45, 7) is 0. The number of fused-ring (bicyclic) bond motifs is 1. The number of aromatic amines is 1. The van der Waals surface area contributed by atoms with Crippen LogP contribution in [0.15, 0.2) is 53.7 Å². The summed E-state index contributed by atoms with van der Waals surface area (Å²) in [5.41, 5.74) is 7.57. The van der Waals surface area contributed by atoms with Crippen molar-refractivity contribution in [3.63, 3.8) is 0 Å². The van der Waals surface area contributed by atoms with Crippen LogP contribution in [0.5, 0.6) is 11.6 Å². The molecule has 0 aliphatic rings. The SMILES string of the molecule is Cn1cc(-c2cc(N)cnc2Oc2ccc(F)cc2F)c2cc[nH]c2c1=O. The molecule has 0 spiro atoms. The second-order valence-corrected chi connectivity index (χ2v) is 6.02. The van der Waals surface area contributed by atoms with E-state index >= 15 is 0 Å². The summed E-state index contributed by atoms with van der Waals surface area (Å²) >= 11 is 0. The number of pyridine rings is 2. The van der Waals surface area contributed by atoms with Crippen molar-refractivity contribution in [2.45, 2.75) is 0 Å². The lowest BCUT2D eigenvalue weighted by Gasteiger charge is -2.13. The van der Waals surface area contributed by atoms with Crippen LogP contribution in [0.1, 0.15) is 0 Å². The van der Waals surface area contributed by atoms with Gasteiger partial charge >= 0.3 is 0 Å². The lowest BCUT2D eigenvalue weighted by atomic mass is 10.0. The third kappa shape index (κ3) is 2.91. The van der Waals surface area contributed by atoms with Crippen molar-refractivity contribution in [2.75, 3.05) is 5.73 Å². The maximum absolute atomic E-state index is 14.0. The van der Waals surface area contributed by atoms with E-state index in [0.717, 1.165) is 12.1 Å². The quantitative estimate of drug-likeness (QED) is 0.579. The number of aromatic nitrogens is 3. The predicted molar refractivity (Wildman–Crippen MR) is 97.6 cm³/mol. The first-order valence-electron chi connectivity index (χ1n) is 7.99. The van der Waals surface area contributed by atoms with E-state index in [2.05, 4.69) is 9.97 Å². The Morgan fingerprint density at radius 2 is 2.00 bits per heavy atom. The Hall–Kier alpha value is -3.68. The molecule has 4 aromatic rings. The van der Waals surface area contributed by atoms with Gasteiger partial charge in [-0.25, -0.2) is 13.8 Å². The highest BCUT2D eigenvalue weighted by molar-refractivity contribution is 5.95. The Bertz CT molecular complexity index is 1230. The number of ether oxygens (including phenoxy) is 1. The fraction of sp³-hybridized carbons (Fsp3) is 0.0526. The van der Waals surface area contributed by atoms with Gasteiger partial charge in [-0.2, -0.15) is 0 Å². The summed E-state index contributed by atoms with van der Waals surface area (Å²) in [5.74, 6) is -1.66. The molecule has 3 N–H and O–H groups in total. The van der Waals surface area contributed by atoms with Crippen molar-refractivity contribution in [1.82, 2.24) is 14.5 Å². The zero-order valence-corrected chi connectivity index (χ0v) is 14.2. The van der Waals surface area contributed by atoms with E-state index in [1.165, 1.54) is 16.8 Å². The molecule has 0 aliphatic heterocycles. The standard InChI is InChI=1S/C19H14F2N4O2/c1-25-9-14(12-4-5-23-17(12)19(25)26)13-7-11(22)8-24-18(13)27-16-3-2-10(20)6-15(16)21/h2-9,23H,22H2,1H3. The van der Waals surface area contributed by atoms with Gasteiger partial charge in [0.25, 0.3) is 5.56 Å². The largest absolute Gasteiger partial charge is 0.435 e. The second kappa shape index (κ2) is 6.24. The van der Waals surface area contributed by atoms with Crippen LogP contribution in [0.4, 0.5) is 14.5 Å². The van der Waals surface area contributed by atoms with Crippen LogP contribution in [0, 0.1) is 11.6 Å². The first-order valence-corrected chi connectivity index (χ1v) is 7.99. The molecule has 27 heavy (non-hydrogen) atoms. The third-order valence-electron chi connectivity index (χ3n) is 4.16. The van der Waals surface area contributed by atoms with Crippen molar-refractivity contribution >= 4 is 16.6 Å². The average molecular weight is 368 g/mol. The van der Waals surface area contributed by atoms with Gasteiger partial charge in [0.15, 0.2) is 11.6 Å². The fourth-order valence-corrected chi connectivity index (χ4v) is 2.89. The predicted octanol–water partition coefficient (Wildman–Crippen LogP) is 3.58. The minimum absolute atomic E-state index is 0.0795. The van der Waals surface area contributed by atoms with Gasteiger partial charge in [-0.1, -0.05) is 0 Å². The molecule has 0 saturated carbocycles. The van der Waals surface area contributed by atoms with Gasteiger partial charge in [-0.3, -0.25) is 4.79 Å². The van der Waals surface area contributed by atoms with Gasteiger partial charge in [0.05, 0.1) is 11.9 Å². The monoisotopic (exact) mass is 368 g/mol. The minimum Gasteiger partial charge on any atom is -0.435 e. The molecule has 0 radical (unpaired) electrons. The summed E-state index contributed by atoms with van der Waals surface area (Å²) in [4.78, 5) is 19.3. The van der Waals surface area contributed by atoms with Crippen LogP contribution in [0.3, 0.4) is 0 Å². The number of nitrogens with one attached hydrogen (secondary N) is 1. The lowest BCUT2D eigenvalue weighted by molar-refractivity contribution is 0.425. The molecule has 3 aromatic heterocycles. The van der Waals surface area contributed by atoms with E-state index in [0.29, 0.717) is 27.7 Å². The number of nitrogen functional groups attached to an aromatic ring is 1. The van der Waals surface area contributed by atoms with Crippen molar-refractivity contribution in [2.24, 2.45) is 7.05 Å². The summed E-state index contributed by atoms with van der Waals surface area (Å²) in [6, 6.07) is 6.36. The fourth-order valence-electron chi connectivity index (χ4n) is 2.89. The maximum atomic E-state index is 14.0. The van der Waals surface area contributed by atoms with Crippen molar-refractivity contribution < 1.29 is 13.5 Å². The normalized spacial score (nSPS) is 11.1. The zero-order valence-electron chi connectivity index (χ0n) is 14.2. The van der Waals surface area contributed by atoms with Crippen LogP contribution in [-0.4, -0.2) is 14.5 Å². The minimum atomic E-state index is -0.855. The Labute approximate surface area is 151 Å². The third-order valence-corrected chi connectivity index (χ3v) is 4.16. The van der Waals surface area contributed by atoms with Crippen LogP contribution in [0.25, 0.3) is 22.0 Å². The molecule has 0 aliphatic carbocycles. The van der Waals surface area contributed by atoms with Gasteiger partial charge in [0.1, 0.15) is 11.3 Å². The van der Waals surface area contributed by atoms with Crippen molar-refractivity contribution in [3.8, 4) is 22.8 Å². The van der Waals surface area contributed by atoms with Gasteiger partial charge in [-0.15, -0.1) is 0 Å². The number of hydrogen-bond donors (Lipinski definition) is 2. The number of benzene rings is 1. The number of nitrogens with zero attached hydrogens (tertiary/aromatic N) is 2. The van der Waals surface area contributed by atoms with Crippen LogP contribution < -0.4 is 16.0 Å². The molecule has 4 rings (SSSR count). The molecule has 1 aromatic carbocycles. The van der Waals surface area contributed by atoms with Gasteiger partial charge in [-0.05, 0) is 24.3 Å². The number of anilines is 1. The van der Waals surface area contributed by atoms with E-state index in [4.69, 9.17) is 10.5 Å². The molecule has 0 unspecified atom stereocenters. The number of nitrogens with two attached hydrogens (primary N) is 1. The Balaban J connectivity index is 1.92. The highest BCUT2D eigenvalue weighted by Crippen LogP contribution is 2.36. The van der Waals surface area contributed by atoms with Gasteiger partial charge in [0, 0.05) is 42.0 Å². The number of H-pyrrole nitrogens is 1. The zero-order chi connectivity index (χ0) is 19.1. The molecule has 136 valence electrons. The lowest BCUT2D eigenvalue weighted by Crippen LogP contribution is -2.16. The molecule has 0 atom stereocenters. The number of aryl methyl sites for hydroxylation is 1. The molecular formula is C19H14F2N4O2. The Morgan fingerprint density at radius 3 is 2.78 bits per heavy atom. The van der Waals surface area contributed by atoms with Crippen molar-refractivity contribution in [3.05, 3.63) is 70.9 Å². The number of halogens is 2. The Morgan fingerprint density at radius 1 is 1.19 bits per heavy atom. The summed E-state index contributed by atoms with van der Waals surface area (Å²) < 4.78 is 34.2. The molecular weight excluding hydrogens is 354 g/mol. The molecule has 8 heteroatoms. The smallest absolute Gasteiger partial charge is 0.274 e. The van der Waals surface area contributed by atoms with Gasteiger partial charge < -0.3 is 20.0 Å². The first kappa shape index (κ1) is 16.8. The van der Waals surface area contributed by atoms with E-state index in [9.17, 15) is 13.6 Å². The summed E-state index contributed by atoms with van der Waals surface area (Å²) in [5, 5.41) is 0.648. The molecule has 0 bridgehead atoms. The summed E-state index contributed by atoms with van der Waals surface area (Å²) in [6.07, 6.45) is 4.65. The van der Waals surface area contributed by atoms with E-state index in [1.807, 2.05) is 0 Å². The van der Waals surface area contributed by atoms with Gasteiger partial charge in [0.2, 0.25) is 5.88 Å². The summed E-state index contributed by atoms with van der Waals surface area (Å²) in [7, 11) is 1.62. The molecule has 0 amide bonds. The molecule has 0 saturated heterocycles. The van der Waals surface area contributed by atoms with E-state index in [1.54, 1.807) is 31.6 Å². The first-order chi connectivity index (χ1) is 12.9. The number of rotatable bonds is 3. The van der Waals surface area contributed by atoms with E-state index in [-0.39, 0.29) is 17.2 Å². The maximum Gasteiger partial charge on any atom is 0.274 e. The molecule has 0 fully saturated rings. The number of hydrogen-bond acceptors (Lipinski definition) is 4. The Kier molecular flexibility index (Phi) is 3.88. The second-order valence-electron chi connectivity index (χ2n) is 6.02. The van der Waals surface area contributed by atoms with Crippen LogP contribution in [0.2, 0.25) is 0 Å². The van der Waals surface area contributed by atoms with E-state index < -0.39 is 11.6 Å². The molecule has 3 heterocycles. The highest BCUT2D eigenvalue weighted by atomic mass is 19.1. The average Bonchev–Trinajstić information content (AvgIpc) is 3.12.